The number of nitrogens with zero attached hydrogens (tertiary/aromatic N) is 1. The predicted molar refractivity (Wildman–Crippen MR) is 77.6 cm³/mol. The van der Waals surface area contributed by atoms with Crippen molar-refractivity contribution in [3.63, 3.8) is 0 Å². The average Bonchev–Trinajstić information content (AvgIpc) is 2.42. The second-order valence-electron chi connectivity index (χ2n) is 4.09. The molecule has 0 fully saturated rings. The highest BCUT2D eigenvalue weighted by atomic mass is 79.9. The number of halogens is 1. The zero-order chi connectivity index (χ0) is 13.8. The van der Waals surface area contributed by atoms with E-state index in [-0.39, 0.29) is 0 Å². The van der Waals surface area contributed by atoms with Crippen LogP contribution in [0.3, 0.4) is 0 Å². The highest BCUT2D eigenvalue weighted by Gasteiger charge is 2.10. The third kappa shape index (κ3) is 3.24. The van der Waals surface area contributed by atoms with Gasteiger partial charge in [0, 0.05) is 12.7 Å². The molecule has 0 atom stereocenters. The minimum atomic E-state index is 0.461. The van der Waals surface area contributed by atoms with Gasteiger partial charge in [0.1, 0.15) is 0 Å². The van der Waals surface area contributed by atoms with E-state index in [4.69, 9.17) is 15.2 Å². The summed E-state index contributed by atoms with van der Waals surface area (Å²) in [6.45, 7) is 2.43. The molecule has 0 bridgehead atoms. The van der Waals surface area contributed by atoms with Crippen molar-refractivity contribution in [3.05, 3.63) is 46.1 Å². The molecule has 0 aliphatic rings. The third-order valence-corrected chi connectivity index (χ3v) is 3.18. The molecule has 4 nitrogen and oxygen atoms in total. The Bertz CT molecular complexity index is 588. The monoisotopic (exact) mass is 322 g/mol. The van der Waals surface area contributed by atoms with Gasteiger partial charge in [-0.25, -0.2) is 4.98 Å². The molecule has 0 amide bonds. The first-order chi connectivity index (χ1) is 9.13. The molecule has 1 aromatic heterocycles. The maximum absolute atomic E-state index is 5.76. The number of benzene rings is 1. The Morgan fingerprint density at radius 1 is 1.26 bits per heavy atom. The van der Waals surface area contributed by atoms with Gasteiger partial charge in [0.05, 0.1) is 11.6 Å². The molecule has 0 radical (unpaired) electrons. The summed E-state index contributed by atoms with van der Waals surface area (Å²) in [5.74, 6) is 1.75. The summed E-state index contributed by atoms with van der Waals surface area (Å²) in [5.41, 5.74) is 7.65. The van der Waals surface area contributed by atoms with Crippen LogP contribution in [0.2, 0.25) is 0 Å². The van der Waals surface area contributed by atoms with Gasteiger partial charge in [-0.05, 0) is 52.2 Å². The molecule has 1 aromatic carbocycles. The summed E-state index contributed by atoms with van der Waals surface area (Å²) in [5, 5.41) is 0. The van der Waals surface area contributed by atoms with Gasteiger partial charge in [-0.15, -0.1) is 0 Å². The number of ether oxygens (including phenoxy) is 2. The Balaban J connectivity index is 2.32. The molecular weight excluding hydrogens is 308 g/mol. The Labute approximate surface area is 120 Å². The molecule has 5 heteroatoms. The number of hydrogen-bond donors (Lipinski definition) is 1. The predicted octanol–water partition coefficient (Wildman–Crippen LogP) is 3.41. The highest BCUT2D eigenvalue weighted by molar-refractivity contribution is 9.10. The lowest BCUT2D eigenvalue weighted by molar-refractivity contribution is 0.372. The number of pyridine rings is 1. The van der Waals surface area contributed by atoms with Gasteiger partial charge in [0.15, 0.2) is 11.5 Å². The van der Waals surface area contributed by atoms with Gasteiger partial charge in [-0.2, -0.15) is 0 Å². The van der Waals surface area contributed by atoms with Crippen molar-refractivity contribution in [1.29, 1.82) is 0 Å². The third-order valence-electron chi connectivity index (χ3n) is 2.61. The van der Waals surface area contributed by atoms with Crippen LogP contribution in [0, 0.1) is 6.92 Å². The minimum absolute atomic E-state index is 0.461. The van der Waals surface area contributed by atoms with E-state index >= 15 is 0 Å². The molecule has 0 saturated carbocycles. The largest absolute Gasteiger partial charge is 0.493 e. The van der Waals surface area contributed by atoms with Crippen molar-refractivity contribution in [1.82, 2.24) is 4.98 Å². The van der Waals surface area contributed by atoms with E-state index in [0.717, 1.165) is 15.6 Å². The summed E-state index contributed by atoms with van der Waals surface area (Å²) in [7, 11) is 1.60. The van der Waals surface area contributed by atoms with Crippen molar-refractivity contribution in [3.8, 4) is 17.4 Å². The first-order valence-corrected chi connectivity index (χ1v) is 6.60. The van der Waals surface area contributed by atoms with Crippen molar-refractivity contribution < 1.29 is 9.47 Å². The lowest BCUT2D eigenvalue weighted by atomic mass is 10.2. The van der Waals surface area contributed by atoms with Gasteiger partial charge in [0.2, 0.25) is 5.88 Å². The van der Waals surface area contributed by atoms with Gasteiger partial charge >= 0.3 is 0 Å². The molecule has 0 aliphatic heterocycles. The second-order valence-corrected chi connectivity index (χ2v) is 4.95. The second kappa shape index (κ2) is 6.04. The quantitative estimate of drug-likeness (QED) is 0.937. The summed E-state index contributed by atoms with van der Waals surface area (Å²) in [6.07, 6.45) is 1.75. The number of nitrogens with two attached hydrogens (primary N) is 1. The lowest BCUT2D eigenvalue weighted by Crippen LogP contribution is -1.98. The molecule has 1 heterocycles. The summed E-state index contributed by atoms with van der Waals surface area (Å²) in [6, 6.07) is 7.54. The van der Waals surface area contributed by atoms with Crippen molar-refractivity contribution in [2.24, 2.45) is 5.73 Å². The first-order valence-electron chi connectivity index (χ1n) is 5.81. The molecule has 2 aromatic rings. The maximum Gasteiger partial charge on any atom is 0.233 e. The number of aryl methyl sites for hydroxylation is 1. The van der Waals surface area contributed by atoms with E-state index in [2.05, 4.69) is 20.9 Å². The van der Waals surface area contributed by atoms with Crippen LogP contribution in [0.1, 0.15) is 11.1 Å². The van der Waals surface area contributed by atoms with E-state index in [1.54, 1.807) is 13.3 Å². The Kier molecular flexibility index (Phi) is 4.39. The normalized spacial score (nSPS) is 10.3. The Morgan fingerprint density at radius 2 is 2.05 bits per heavy atom. The van der Waals surface area contributed by atoms with Crippen LogP contribution >= 0.6 is 15.9 Å². The maximum atomic E-state index is 5.76. The smallest absolute Gasteiger partial charge is 0.233 e. The minimum Gasteiger partial charge on any atom is -0.493 e. The number of rotatable bonds is 4. The van der Waals surface area contributed by atoms with Crippen molar-refractivity contribution in [2.75, 3.05) is 7.11 Å². The fraction of sp³-hybridized carbons (Fsp3) is 0.214. The van der Waals surface area contributed by atoms with E-state index < -0.39 is 0 Å². The van der Waals surface area contributed by atoms with Gasteiger partial charge in [0.25, 0.3) is 0 Å². The van der Waals surface area contributed by atoms with E-state index in [1.807, 2.05) is 31.2 Å². The van der Waals surface area contributed by atoms with Crippen LogP contribution < -0.4 is 15.2 Å². The van der Waals surface area contributed by atoms with Crippen molar-refractivity contribution >= 4 is 15.9 Å². The fourth-order valence-electron chi connectivity index (χ4n) is 1.62. The molecule has 19 heavy (non-hydrogen) atoms. The molecule has 2 N–H and O–H groups in total. The Hall–Kier alpha value is -1.59. The number of hydrogen-bond acceptors (Lipinski definition) is 4. The molecule has 0 saturated heterocycles. The van der Waals surface area contributed by atoms with Crippen molar-refractivity contribution in [2.45, 2.75) is 13.5 Å². The summed E-state index contributed by atoms with van der Waals surface area (Å²) < 4.78 is 11.9. The van der Waals surface area contributed by atoms with E-state index in [0.29, 0.717) is 23.9 Å². The van der Waals surface area contributed by atoms with Crippen LogP contribution in [0.4, 0.5) is 0 Å². The SMILES string of the molecule is COc1cc(CN)ccc1Oc1ncc(C)cc1Br. The first kappa shape index (κ1) is 13.8. The fourth-order valence-corrected chi connectivity index (χ4v) is 2.17. The molecule has 0 aliphatic carbocycles. The van der Waals surface area contributed by atoms with Gasteiger partial charge in [-0.3, -0.25) is 0 Å². The van der Waals surface area contributed by atoms with Gasteiger partial charge < -0.3 is 15.2 Å². The highest BCUT2D eigenvalue weighted by Crippen LogP contribution is 2.34. The average molecular weight is 323 g/mol. The standard InChI is InChI=1S/C14H15BrN2O2/c1-9-5-11(15)14(17-8-9)19-12-4-3-10(7-16)6-13(12)18-2/h3-6,8H,7,16H2,1-2H3. The van der Waals surface area contributed by atoms with Gasteiger partial charge in [-0.1, -0.05) is 6.07 Å². The topological polar surface area (TPSA) is 57.4 Å². The lowest BCUT2D eigenvalue weighted by Gasteiger charge is -2.12. The Morgan fingerprint density at radius 3 is 2.68 bits per heavy atom. The van der Waals surface area contributed by atoms with Crippen LogP contribution in [0.5, 0.6) is 17.4 Å². The van der Waals surface area contributed by atoms with Crippen LogP contribution in [-0.4, -0.2) is 12.1 Å². The van der Waals surface area contributed by atoms with E-state index in [1.165, 1.54) is 0 Å². The molecule has 0 spiro atoms. The molecule has 2 rings (SSSR count). The molecule has 100 valence electrons. The number of aromatic nitrogens is 1. The van der Waals surface area contributed by atoms with Crippen LogP contribution in [-0.2, 0) is 6.54 Å². The summed E-state index contributed by atoms with van der Waals surface area (Å²) in [4.78, 5) is 4.24. The molecular formula is C14H15BrN2O2. The number of methoxy groups -OCH3 is 1. The zero-order valence-electron chi connectivity index (χ0n) is 10.8. The van der Waals surface area contributed by atoms with Crippen LogP contribution in [0.25, 0.3) is 0 Å². The summed E-state index contributed by atoms with van der Waals surface area (Å²) >= 11 is 3.43. The van der Waals surface area contributed by atoms with Crippen LogP contribution in [0.15, 0.2) is 34.9 Å². The van der Waals surface area contributed by atoms with E-state index in [9.17, 15) is 0 Å². The molecule has 0 unspecified atom stereocenters. The zero-order valence-corrected chi connectivity index (χ0v) is 12.4.